The van der Waals surface area contributed by atoms with Gasteiger partial charge >= 0.3 is 0 Å². The van der Waals surface area contributed by atoms with Crippen molar-refractivity contribution in [2.75, 3.05) is 0 Å². The number of allylic oxidation sites excluding steroid dienone is 5. The zero-order valence-corrected chi connectivity index (χ0v) is 13.2. The van der Waals surface area contributed by atoms with E-state index in [9.17, 15) is 5.11 Å². The number of fused-ring (bicyclic) bond motifs is 5. The molecule has 3 N–H and O–H groups in total. The zero-order valence-electron chi connectivity index (χ0n) is 13.2. The van der Waals surface area contributed by atoms with Crippen LogP contribution in [0.4, 0.5) is 0 Å². The third-order valence-corrected chi connectivity index (χ3v) is 7.47. The van der Waals surface area contributed by atoms with E-state index in [1.807, 2.05) is 6.08 Å². The van der Waals surface area contributed by atoms with Gasteiger partial charge in [0, 0.05) is 11.1 Å². The maximum atomic E-state index is 9.83. The number of aliphatic hydroxyl groups is 1. The summed E-state index contributed by atoms with van der Waals surface area (Å²) in [6, 6.07) is 0. The largest absolute Gasteiger partial charge is 0.508 e. The summed E-state index contributed by atoms with van der Waals surface area (Å²) in [4.78, 5) is 0. The first-order valence-electron chi connectivity index (χ1n) is 8.51. The van der Waals surface area contributed by atoms with Crippen molar-refractivity contribution in [3.8, 4) is 0 Å². The van der Waals surface area contributed by atoms with E-state index in [-0.39, 0.29) is 10.8 Å². The highest BCUT2D eigenvalue weighted by molar-refractivity contribution is 5.29. The molecule has 4 aliphatic carbocycles. The van der Waals surface area contributed by atoms with Crippen LogP contribution in [-0.2, 0) is 0 Å². The molecule has 0 saturated heterocycles. The maximum Gasteiger partial charge on any atom is 0.111 e. The number of nitrogens with two attached hydrogens (primary N) is 1. The second-order valence-corrected chi connectivity index (χ2v) is 8.20. The molecule has 0 aromatic rings. The van der Waals surface area contributed by atoms with Crippen LogP contribution in [0.2, 0.25) is 0 Å². The van der Waals surface area contributed by atoms with Gasteiger partial charge in [0.15, 0.2) is 0 Å². The third-order valence-electron chi connectivity index (χ3n) is 7.47. The molecular weight excluding hydrogens is 258 g/mol. The average molecular weight is 285 g/mol. The lowest BCUT2D eigenvalue weighted by molar-refractivity contribution is -0.0486. The number of hydrogen-bond donors (Lipinski definition) is 2. The summed E-state index contributed by atoms with van der Waals surface area (Å²) in [5.41, 5.74) is 7.96. The molecule has 0 aromatic carbocycles. The van der Waals surface area contributed by atoms with E-state index in [0.29, 0.717) is 11.7 Å². The Morgan fingerprint density at radius 2 is 2.00 bits per heavy atom. The van der Waals surface area contributed by atoms with Crippen LogP contribution in [0.15, 0.2) is 35.8 Å². The molecule has 0 aliphatic heterocycles. The summed E-state index contributed by atoms with van der Waals surface area (Å²) in [7, 11) is 0. The fourth-order valence-electron chi connectivity index (χ4n) is 6.06. The first-order valence-corrected chi connectivity index (χ1v) is 8.51. The van der Waals surface area contributed by atoms with E-state index in [0.717, 1.165) is 23.5 Å². The van der Waals surface area contributed by atoms with Gasteiger partial charge < -0.3 is 10.8 Å². The average Bonchev–Trinajstić information content (AvgIpc) is 2.76. The molecule has 0 heterocycles. The summed E-state index contributed by atoms with van der Waals surface area (Å²) < 4.78 is 0. The van der Waals surface area contributed by atoms with Crippen molar-refractivity contribution in [2.24, 2.45) is 40.2 Å². The molecule has 2 saturated carbocycles. The van der Waals surface area contributed by atoms with Gasteiger partial charge in [0.25, 0.3) is 0 Å². The van der Waals surface area contributed by atoms with Gasteiger partial charge in [0.05, 0.1) is 0 Å². The first kappa shape index (κ1) is 13.5. The second kappa shape index (κ2) is 4.18. The molecule has 1 unspecified atom stereocenters. The summed E-state index contributed by atoms with van der Waals surface area (Å²) in [5, 5.41) is 9.83. The van der Waals surface area contributed by atoms with Crippen molar-refractivity contribution in [3.63, 3.8) is 0 Å². The predicted octanol–water partition coefficient (Wildman–Crippen LogP) is 4.31. The standard InChI is InChI=1S/C19H27NO/c1-18-9-7-13(21)11-12(18)3-4-14-15-5-6-17(20)19(15,2)10-8-16(14)18/h6-7,9,11-12,14-16,21H,3-5,8,10,20H2,1-2H3/t12?,14-,15-,16-,18-,19-/m0/s1. The fourth-order valence-corrected chi connectivity index (χ4v) is 6.06. The van der Waals surface area contributed by atoms with Crippen LogP contribution in [0.1, 0.15) is 46.0 Å². The normalized spacial score (nSPS) is 51.5. The topological polar surface area (TPSA) is 46.2 Å². The molecule has 0 aromatic heterocycles. The Morgan fingerprint density at radius 3 is 2.81 bits per heavy atom. The Labute approximate surface area is 127 Å². The van der Waals surface area contributed by atoms with E-state index in [2.05, 4.69) is 32.1 Å². The van der Waals surface area contributed by atoms with E-state index in [1.165, 1.54) is 32.1 Å². The monoisotopic (exact) mass is 285 g/mol. The molecule has 114 valence electrons. The molecule has 4 rings (SSSR count). The zero-order chi connectivity index (χ0) is 14.8. The highest BCUT2D eigenvalue weighted by Crippen LogP contribution is 2.64. The molecule has 0 radical (unpaired) electrons. The van der Waals surface area contributed by atoms with Gasteiger partial charge in [-0.3, -0.25) is 0 Å². The molecule has 21 heavy (non-hydrogen) atoms. The molecule has 0 bridgehead atoms. The third kappa shape index (κ3) is 1.65. The number of rotatable bonds is 0. The predicted molar refractivity (Wildman–Crippen MR) is 85.4 cm³/mol. The minimum atomic E-state index is 0.230. The Bertz CT molecular complexity index is 560. The smallest absolute Gasteiger partial charge is 0.111 e. The molecule has 2 heteroatoms. The van der Waals surface area contributed by atoms with Gasteiger partial charge in [-0.15, -0.1) is 0 Å². The Hall–Kier alpha value is -1.18. The summed E-state index contributed by atoms with van der Waals surface area (Å²) in [6.45, 7) is 4.81. The van der Waals surface area contributed by atoms with Crippen molar-refractivity contribution in [1.29, 1.82) is 0 Å². The Morgan fingerprint density at radius 1 is 1.19 bits per heavy atom. The van der Waals surface area contributed by atoms with Gasteiger partial charge in [-0.2, -0.15) is 0 Å². The van der Waals surface area contributed by atoms with E-state index < -0.39 is 0 Å². The highest BCUT2D eigenvalue weighted by atomic mass is 16.3. The summed E-state index contributed by atoms with van der Waals surface area (Å²) in [6.07, 6.45) is 14.8. The van der Waals surface area contributed by atoms with Crippen molar-refractivity contribution < 1.29 is 5.11 Å². The lowest BCUT2D eigenvalue weighted by Gasteiger charge is -2.57. The minimum Gasteiger partial charge on any atom is -0.508 e. The lowest BCUT2D eigenvalue weighted by atomic mass is 9.47. The quantitative estimate of drug-likeness (QED) is 0.696. The maximum absolute atomic E-state index is 9.83. The van der Waals surface area contributed by atoms with Crippen molar-refractivity contribution in [2.45, 2.75) is 46.0 Å². The van der Waals surface area contributed by atoms with Crippen LogP contribution >= 0.6 is 0 Å². The number of aliphatic hydroxyl groups excluding tert-OH is 1. The van der Waals surface area contributed by atoms with Crippen LogP contribution < -0.4 is 5.73 Å². The first-order chi connectivity index (χ1) is 9.95. The highest BCUT2D eigenvalue weighted by Gasteiger charge is 2.56. The van der Waals surface area contributed by atoms with E-state index in [4.69, 9.17) is 5.73 Å². The van der Waals surface area contributed by atoms with Gasteiger partial charge in [0.2, 0.25) is 0 Å². The fraction of sp³-hybridized carbons (Fsp3) is 0.684. The van der Waals surface area contributed by atoms with Crippen molar-refractivity contribution in [1.82, 2.24) is 0 Å². The molecule has 2 fully saturated rings. The van der Waals surface area contributed by atoms with Gasteiger partial charge in [-0.25, -0.2) is 0 Å². The molecular formula is C19H27NO. The van der Waals surface area contributed by atoms with E-state index in [1.54, 1.807) is 0 Å². The second-order valence-electron chi connectivity index (χ2n) is 8.20. The van der Waals surface area contributed by atoms with E-state index >= 15 is 0 Å². The molecule has 4 aliphatic rings. The Kier molecular flexibility index (Phi) is 2.68. The number of hydrogen-bond acceptors (Lipinski definition) is 2. The van der Waals surface area contributed by atoms with Gasteiger partial charge in [-0.1, -0.05) is 26.0 Å². The van der Waals surface area contributed by atoms with Crippen LogP contribution in [0, 0.1) is 34.5 Å². The Balaban J connectivity index is 1.68. The molecule has 6 atom stereocenters. The van der Waals surface area contributed by atoms with Crippen molar-refractivity contribution >= 4 is 0 Å². The van der Waals surface area contributed by atoms with Crippen LogP contribution in [0.3, 0.4) is 0 Å². The summed E-state index contributed by atoms with van der Waals surface area (Å²) >= 11 is 0. The molecule has 0 spiro atoms. The van der Waals surface area contributed by atoms with Crippen LogP contribution in [0.25, 0.3) is 0 Å². The van der Waals surface area contributed by atoms with Gasteiger partial charge in [0.1, 0.15) is 5.76 Å². The van der Waals surface area contributed by atoms with Crippen LogP contribution in [0.5, 0.6) is 0 Å². The minimum absolute atomic E-state index is 0.230. The summed E-state index contributed by atoms with van der Waals surface area (Å²) in [5.74, 6) is 3.25. The van der Waals surface area contributed by atoms with Crippen molar-refractivity contribution in [3.05, 3.63) is 35.8 Å². The molecule has 0 amide bonds. The SMILES string of the molecule is C[C@]12C=CC(O)=CC1CC[C@@H]1[C@@H]2CC[C@]2(C)C(N)=CC[C@@H]12. The van der Waals surface area contributed by atoms with Crippen LogP contribution in [-0.4, -0.2) is 5.11 Å². The lowest BCUT2D eigenvalue weighted by Crippen LogP contribution is -2.51. The molecule has 2 nitrogen and oxygen atoms in total. The van der Waals surface area contributed by atoms with Gasteiger partial charge in [-0.05, 0) is 73.3 Å².